The van der Waals surface area contributed by atoms with Crippen LogP contribution in [-0.2, 0) is 21.4 Å². The van der Waals surface area contributed by atoms with Gasteiger partial charge in [-0.2, -0.15) is 21.1 Å². The van der Waals surface area contributed by atoms with E-state index in [9.17, 15) is 13.2 Å². The Morgan fingerprint density at radius 3 is 2.71 bits per heavy atom. The van der Waals surface area contributed by atoms with E-state index in [1.165, 1.54) is 27.0 Å². The molecule has 8 nitrogen and oxygen atoms in total. The van der Waals surface area contributed by atoms with Crippen LogP contribution in [0.3, 0.4) is 0 Å². The number of hydrogen-bond donors (Lipinski definition) is 0. The average molecular weight is 542 g/mol. The van der Waals surface area contributed by atoms with Crippen LogP contribution in [0.1, 0.15) is 12.8 Å². The molecule has 1 unspecified atom stereocenters. The number of carbonyl (C=O) groups is 1. The van der Waals surface area contributed by atoms with Crippen molar-refractivity contribution in [2.24, 2.45) is 10.9 Å². The third kappa shape index (κ3) is 5.06. The van der Waals surface area contributed by atoms with Crippen molar-refractivity contribution in [3.8, 4) is 11.5 Å². The van der Waals surface area contributed by atoms with Gasteiger partial charge in [0.1, 0.15) is 4.21 Å². The van der Waals surface area contributed by atoms with Gasteiger partial charge in [0.15, 0.2) is 16.3 Å². The molecule has 184 valence electrons. The molecular weight excluding hydrogens is 515 g/mol. The number of aryl methyl sites for hydroxylation is 1. The van der Waals surface area contributed by atoms with Gasteiger partial charge in [0, 0.05) is 37.5 Å². The second-order valence-corrected chi connectivity index (χ2v) is 12.9. The Morgan fingerprint density at radius 1 is 1.26 bits per heavy atom. The van der Waals surface area contributed by atoms with E-state index in [0.717, 1.165) is 16.0 Å². The molecule has 1 aliphatic heterocycles. The number of carbonyl (C=O) groups excluding carboxylic acids is 1. The van der Waals surface area contributed by atoms with Crippen molar-refractivity contribution < 1.29 is 22.7 Å². The quantitative estimate of drug-likeness (QED) is 0.432. The van der Waals surface area contributed by atoms with Crippen LogP contribution < -0.4 is 14.3 Å². The van der Waals surface area contributed by atoms with Gasteiger partial charge in [-0.1, -0.05) is 17.4 Å². The Balaban J connectivity index is 1.67. The Kier molecular flexibility index (Phi) is 8.03. The fourth-order valence-electron chi connectivity index (χ4n) is 3.97. The smallest absolute Gasteiger partial charge is 0.252 e. The predicted molar refractivity (Wildman–Crippen MR) is 138 cm³/mol. The summed E-state index contributed by atoms with van der Waals surface area (Å²) >= 11 is 4.32. The Labute approximate surface area is 211 Å². The number of fused-ring (bicyclic) bond motifs is 1. The van der Waals surface area contributed by atoms with E-state index >= 15 is 0 Å². The first-order valence-electron chi connectivity index (χ1n) is 10.8. The summed E-state index contributed by atoms with van der Waals surface area (Å²) in [6.45, 7) is 1.26. The SMILES string of the molecule is COc1cc2sc(=NC(=O)C3CCCN(S(=O)(=O)c4cccs4)C3)n(CCSC)c2cc1OC. The molecule has 0 bridgehead atoms. The fourth-order valence-corrected chi connectivity index (χ4v) is 8.07. The van der Waals surface area contributed by atoms with Crippen molar-refractivity contribution in [3.63, 3.8) is 0 Å². The third-order valence-corrected chi connectivity index (χ3v) is 10.6. The molecule has 1 amide bonds. The van der Waals surface area contributed by atoms with Gasteiger partial charge in [0.2, 0.25) is 0 Å². The summed E-state index contributed by atoms with van der Waals surface area (Å²) in [5.74, 6) is 1.34. The third-order valence-electron chi connectivity index (χ3n) is 5.74. The van der Waals surface area contributed by atoms with Crippen LogP contribution in [0.5, 0.6) is 11.5 Å². The van der Waals surface area contributed by atoms with Crippen LogP contribution >= 0.6 is 34.4 Å². The zero-order chi connectivity index (χ0) is 24.3. The minimum Gasteiger partial charge on any atom is -0.493 e. The Hall–Kier alpha value is -1.86. The molecule has 1 atom stereocenters. The van der Waals surface area contributed by atoms with Gasteiger partial charge in [-0.3, -0.25) is 4.79 Å². The summed E-state index contributed by atoms with van der Waals surface area (Å²) in [5, 5.41) is 1.74. The van der Waals surface area contributed by atoms with Crippen LogP contribution in [0.15, 0.2) is 38.8 Å². The van der Waals surface area contributed by atoms with Crippen molar-refractivity contribution in [3.05, 3.63) is 34.4 Å². The Bertz CT molecular complexity index is 1330. The summed E-state index contributed by atoms with van der Waals surface area (Å²) < 4.78 is 41.5. The number of rotatable bonds is 8. The second-order valence-electron chi connectivity index (χ2n) is 7.79. The highest BCUT2D eigenvalue weighted by molar-refractivity contribution is 7.98. The molecule has 0 saturated carbocycles. The van der Waals surface area contributed by atoms with E-state index in [1.54, 1.807) is 43.5 Å². The number of thioether (sulfide) groups is 1. The molecule has 1 aromatic carbocycles. The summed E-state index contributed by atoms with van der Waals surface area (Å²) in [6, 6.07) is 7.13. The number of aromatic nitrogens is 1. The van der Waals surface area contributed by atoms with Gasteiger partial charge >= 0.3 is 0 Å². The van der Waals surface area contributed by atoms with E-state index in [0.29, 0.717) is 46.4 Å². The molecule has 34 heavy (non-hydrogen) atoms. The summed E-state index contributed by atoms with van der Waals surface area (Å²) in [6.07, 6.45) is 3.28. The monoisotopic (exact) mass is 541 g/mol. The van der Waals surface area contributed by atoms with Crippen LogP contribution in [0.2, 0.25) is 0 Å². The molecular formula is C22H27N3O5S4. The average Bonchev–Trinajstić information content (AvgIpc) is 3.50. The number of benzene rings is 1. The van der Waals surface area contributed by atoms with Crippen molar-refractivity contribution in [2.75, 3.05) is 39.3 Å². The fraction of sp³-hybridized carbons (Fsp3) is 0.455. The first-order valence-corrected chi connectivity index (χ1v) is 15.3. The lowest BCUT2D eigenvalue weighted by Crippen LogP contribution is -2.42. The standard InChI is InChI=1S/C22H27N3O5S4/c1-29-17-12-16-19(13-18(17)30-2)33-22(25(16)9-11-31-3)23-21(26)15-6-4-8-24(14-15)34(27,28)20-7-5-10-32-20/h5,7,10,12-13,15H,4,6,8-9,11,14H2,1-3H3. The molecule has 1 aliphatic rings. The van der Waals surface area contributed by atoms with Gasteiger partial charge in [-0.15, -0.1) is 11.3 Å². The molecule has 3 heterocycles. The normalized spacial score (nSPS) is 17.9. The predicted octanol–water partition coefficient (Wildman–Crippen LogP) is 3.67. The highest BCUT2D eigenvalue weighted by atomic mass is 32.2. The van der Waals surface area contributed by atoms with E-state index in [-0.39, 0.29) is 12.5 Å². The maximum absolute atomic E-state index is 13.2. The van der Waals surface area contributed by atoms with Crippen LogP contribution in [-0.4, -0.2) is 62.5 Å². The summed E-state index contributed by atoms with van der Waals surface area (Å²) in [5.41, 5.74) is 0.925. The molecule has 3 aromatic rings. The van der Waals surface area contributed by atoms with Gasteiger partial charge in [0.05, 0.1) is 30.4 Å². The molecule has 0 N–H and O–H groups in total. The zero-order valence-corrected chi connectivity index (χ0v) is 22.5. The van der Waals surface area contributed by atoms with Gasteiger partial charge in [-0.05, 0) is 30.5 Å². The minimum absolute atomic E-state index is 0.153. The lowest BCUT2D eigenvalue weighted by atomic mass is 9.99. The lowest BCUT2D eigenvalue weighted by Gasteiger charge is -2.29. The molecule has 0 aliphatic carbocycles. The van der Waals surface area contributed by atoms with Gasteiger partial charge in [-0.25, -0.2) is 8.42 Å². The largest absolute Gasteiger partial charge is 0.493 e. The molecule has 1 fully saturated rings. The number of amides is 1. The number of hydrogen-bond acceptors (Lipinski definition) is 8. The maximum atomic E-state index is 13.2. The van der Waals surface area contributed by atoms with E-state index in [1.807, 2.05) is 23.0 Å². The topological polar surface area (TPSA) is 90.2 Å². The number of methoxy groups -OCH3 is 2. The first-order chi connectivity index (χ1) is 16.4. The van der Waals surface area contributed by atoms with Crippen molar-refractivity contribution in [1.82, 2.24) is 8.87 Å². The number of piperidine rings is 1. The molecule has 4 rings (SSSR count). The van der Waals surface area contributed by atoms with Crippen molar-refractivity contribution >= 4 is 60.6 Å². The second kappa shape index (κ2) is 10.8. The van der Waals surface area contributed by atoms with Crippen LogP contribution in [0.4, 0.5) is 0 Å². The number of nitrogens with zero attached hydrogens (tertiary/aromatic N) is 3. The zero-order valence-electron chi connectivity index (χ0n) is 19.2. The highest BCUT2D eigenvalue weighted by Gasteiger charge is 2.33. The van der Waals surface area contributed by atoms with Crippen molar-refractivity contribution in [2.45, 2.75) is 23.6 Å². The van der Waals surface area contributed by atoms with Crippen LogP contribution in [0, 0.1) is 5.92 Å². The molecule has 1 saturated heterocycles. The number of thiophene rings is 1. The van der Waals surface area contributed by atoms with Gasteiger partial charge in [0.25, 0.3) is 15.9 Å². The lowest BCUT2D eigenvalue weighted by molar-refractivity contribution is -0.122. The molecule has 0 radical (unpaired) electrons. The number of sulfonamides is 1. The minimum atomic E-state index is -3.59. The number of ether oxygens (including phenoxy) is 2. The van der Waals surface area contributed by atoms with Gasteiger partial charge < -0.3 is 14.0 Å². The number of thiazole rings is 1. The van der Waals surface area contributed by atoms with Crippen molar-refractivity contribution in [1.29, 1.82) is 0 Å². The summed E-state index contributed by atoms with van der Waals surface area (Å²) in [7, 11) is -0.406. The maximum Gasteiger partial charge on any atom is 0.252 e. The molecule has 0 spiro atoms. The molecule has 2 aromatic heterocycles. The highest BCUT2D eigenvalue weighted by Crippen LogP contribution is 2.33. The molecule has 12 heteroatoms. The van der Waals surface area contributed by atoms with E-state index in [2.05, 4.69) is 4.99 Å². The Morgan fingerprint density at radius 2 is 2.03 bits per heavy atom. The summed E-state index contributed by atoms with van der Waals surface area (Å²) in [4.78, 5) is 18.3. The van der Waals surface area contributed by atoms with E-state index in [4.69, 9.17) is 9.47 Å². The van der Waals surface area contributed by atoms with E-state index < -0.39 is 15.9 Å². The van der Waals surface area contributed by atoms with Crippen LogP contribution in [0.25, 0.3) is 10.2 Å². The first kappa shape index (κ1) is 25.2.